The number of fused-ring (bicyclic) bond motifs is 2. The van der Waals surface area contributed by atoms with E-state index in [1.54, 1.807) is 33.8 Å². The summed E-state index contributed by atoms with van der Waals surface area (Å²) in [7, 11) is 11.5. The van der Waals surface area contributed by atoms with Gasteiger partial charge in [-0.15, -0.1) is 0 Å². The van der Waals surface area contributed by atoms with E-state index in [-0.39, 0.29) is 42.0 Å². The molecule has 20 heteroatoms. The summed E-state index contributed by atoms with van der Waals surface area (Å²) in [5.74, 6) is -2.33. The Kier molecular flexibility index (Phi) is 25.1. The highest BCUT2D eigenvalue weighted by atomic mass is 16.7. The fraction of sp³-hybridized carbons (Fsp3) is 0.933. The molecule has 4 saturated heterocycles. The molecule has 0 aromatic rings. The Morgan fingerprint density at radius 2 is 1.06 bits per heavy atom. The number of esters is 2. The Labute approximate surface area is 480 Å². The summed E-state index contributed by atoms with van der Waals surface area (Å²) in [5, 5.41) is 79.3. The molecule has 5 rings (SSSR count). The van der Waals surface area contributed by atoms with Crippen LogP contribution in [0, 0.1) is 29.6 Å². The number of hydrogen-bond acceptors (Lipinski definition) is 20. The summed E-state index contributed by atoms with van der Waals surface area (Å²) in [4.78, 5) is 34.6. The van der Waals surface area contributed by atoms with Gasteiger partial charge in [-0.3, -0.25) is 4.79 Å². The molecule has 80 heavy (non-hydrogen) atoms. The Hall–Kier alpha value is -1.96. The molecular weight excluding hydrogens is 1030 g/mol. The first-order valence-electron chi connectivity index (χ1n) is 29.8. The Balaban J connectivity index is 0.000000344. The molecule has 20 nitrogen and oxygen atoms in total. The normalized spacial score (nSPS) is 48.4. The molecule has 26 atom stereocenters. The van der Waals surface area contributed by atoms with Crippen molar-refractivity contribution in [3.63, 3.8) is 0 Å². The fourth-order valence-corrected chi connectivity index (χ4v) is 13.8. The molecule has 0 saturated carbocycles. The highest BCUT2D eigenvalue weighted by molar-refractivity contribution is 5.88. The van der Waals surface area contributed by atoms with Crippen molar-refractivity contribution in [3.05, 3.63) is 11.6 Å². The monoisotopic (exact) mass is 1140 g/mol. The van der Waals surface area contributed by atoms with Crippen molar-refractivity contribution in [1.29, 1.82) is 0 Å². The molecule has 468 valence electrons. The van der Waals surface area contributed by atoms with Gasteiger partial charge in [-0.05, 0) is 162 Å². The molecule has 0 spiro atoms. The van der Waals surface area contributed by atoms with E-state index in [0.717, 1.165) is 0 Å². The van der Waals surface area contributed by atoms with Crippen LogP contribution in [0.15, 0.2) is 11.6 Å². The number of nitrogens with zero attached hydrogens (tertiary/aromatic N) is 4. The van der Waals surface area contributed by atoms with Crippen LogP contribution in [0.5, 0.6) is 0 Å². The van der Waals surface area contributed by atoms with Gasteiger partial charge in [-0.2, -0.15) is 0 Å². The third kappa shape index (κ3) is 16.5. The summed E-state index contributed by atoms with van der Waals surface area (Å²) in [6.45, 7) is 30.6. The van der Waals surface area contributed by atoms with E-state index in [1.165, 1.54) is 13.8 Å². The highest BCUT2D eigenvalue weighted by Crippen LogP contribution is 2.46. The van der Waals surface area contributed by atoms with E-state index in [9.17, 15) is 45.3 Å². The maximum absolute atomic E-state index is 13.5. The SMILES string of the molecule is CC[C@H]1OC(=O)/C(C)=C\[C@H](C)[C@@H](O[C@@H]2O[C@H](C)CC(N(C)C)[C@H]2O)[C@](C)(O)C[C@@H](C)CN(C)[C@H](C)[C@@H](O)[C@]1(C)O.CC[C@H]1OC(=O)[C@H](C)C2O[C@](C)(C[C@@H](C)CN(C)[C@H](C)[C@@H](O)[C@]1(C)O)[C@H](O[C@@H]1O[C@H](C)CC(N(C)C)[C@H]1O)[C@H]2C. The van der Waals surface area contributed by atoms with Crippen molar-refractivity contribution in [2.75, 3.05) is 55.4 Å². The minimum atomic E-state index is -1.68. The summed E-state index contributed by atoms with van der Waals surface area (Å²) < 4.78 is 43.6. The Bertz CT molecular complexity index is 1990. The number of carbonyl (C=O) groups is 2. The third-order valence-electron chi connectivity index (χ3n) is 18.7. The van der Waals surface area contributed by atoms with Crippen LogP contribution < -0.4 is 0 Å². The van der Waals surface area contributed by atoms with E-state index in [0.29, 0.717) is 57.2 Å². The van der Waals surface area contributed by atoms with Crippen LogP contribution in [-0.2, 0) is 42.7 Å². The van der Waals surface area contributed by atoms with Crippen LogP contribution in [0.25, 0.3) is 0 Å². The van der Waals surface area contributed by atoms with Crippen LogP contribution in [-0.4, -0.2) is 249 Å². The first-order chi connectivity index (χ1) is 36.8. The van der Waals surface area contributed by atoms with Gasteiger partial charge in [-0.1, -0.05) is 47.6 Å². The average Bonchev–Trinajstić information content (AvgIpc) is 3.60. The molecule has 2 bridgehead atoms. The lowest BCUT2D eigenvalue weighted by atomic mass is 9.81. The molecule has 4 fully saturated rings. The average molecular weight is 1150 g/mol. The second-order valence-corrected chi connectivity index (χ2v) is 26.8. The topological polar surface area (TPSA) is 253 Å². The Morgan fingerprint density at radius 3 is 1.49 bits per heavy atom. The van der Waals surface area contributed by atoms with Crippen molar-refractivity contribution in [1.82, 2.24) is 19.6 Å². The molecule has 0 aliphatic carbocycles. The van der Waals surface area contributed by atoms with E-state index in [1.807, 2.05) is 124 Å². The summed E-state index contributed by atoms with van der Waals surface area (Å²) in [5.41, 5.74) is -5.16. The molecule has 5 aliphatic heterocycles. The Morgan fingerprint density at radius 1 is 0.650 bits per heavy atom. The van der Waals surface area contributed by atoms with Gasteiger partial charge < -0.3 is 88.5 Å². The lowest BCUT2D eigenvalue weighted by molar-refractivity contribution is -0.292. The molecule has 0 amide bonds. The fourth-order valence-electron chi connectivity index (χ4n) is 13.8. The van der Waals surface area contributed by atoms with Gasteiger partial charge in [0.2, 0.25) is 0 Å². The second kappa shape index (κ2) is 28.5. The van der Waals surface area contributed by atoms with E-state index < -0.39 is 126 Å². The van der Waals surface area contributed by atoms with E-state index >= 15 is 0 Å². The lowest BCUT2D eigenvalue weighted by Crippen LogP contribution is -2.59. The van der Waals surface area contributed by atoms with Crippen molar-refractivity contribution >= 4 is 11.9 Å². The predicted molar refractivity (Wildman–Crippen MR) is 305 cm³/mol. The van der Waals surface area contributed by atoms with Crippen molar-refractivity contribution in [2.45, 2.75) is 276 Å². The van der Waals surface area contributed by atoms with Crippen LogP contribution >= 0.6 is 0 Å². The van der Waals surface area contributed by atoms with Gasteiger partial charge in [0.1, 0.15) is 47.8 Å². The maximum atomic E-state index is 13.5. The maximum Gasteiger partial charge on any atom is 0.333 e. The van der Waals surface area contributed by atoms with Crippen LogP contribution in [0.2, 0.25) is 0 Å². The first-order valence-corrected chi connectivity index (χ1v) is 29.8. The van der Waals surface area contributed by atoms with Crippen molar-refractivity contribution < 1.29 is 78.5 Å². The lowest BCUT2D eigenvalue weighted by Gasteiger charge is -2.45. The van der Waals surface area contributed by atoms with Gasteiger partial charge in [0, 0.05) is 54.7 Å². The molecule has 5 aliphatic rings. The second-order valence-electron chi connectivity index (χ2n) is 26.8. The number of carbonyl (C=O) groups excluding carboxylic acids is 2. The summed E-state index contributed by atoms with van der Waals surface area (Å²) in [6, 6.07) is -1.14. The predicted octanol–water partition coefficient (Wildman–Crippen LogP) is 3.95. The van der Waals surface area contributed by atoms with Gasteiger partial charge >= 0.3 is 11.9 Å². The van der Waals surface area contributed by atoms with E-state index in [4.69, 9.17) is 33.2 Å². The number of ether oxygens (including phenoxy) is 7. The summed E-state index contributed by atoms with van der Waals surface area (Å²) >= 11 is 0. The van der Waals surface area contributed by atoms with Crippen molar-refractivity contribution in [2.24, 2.45) is 29.6 Å². The molecule has 3 unspecified atom stereocenters. The molecule has 0 aromatic heterocycles. The molecule has 7 N–H and O–H groups in total. The number of aliphatic hydroxyl groups is 7. The third-order valence-corrected chi connectivity index (χ3v) is 18.7. The summed E-state index contributed by atoms with van der Waals surface area (Å²) in [6.07, 6.45) is -5.08. The first kappa shape index (κ1) is 70.5. The van der Waals surface area contributed by atoms with Crippen LogP contribution in [0.1, 0.15) is 149 Å². The van der Waals surface area contributed by atoms with E-state index in [2.05, 4.69) is 6.92 Å². The zero-order valence-corrected chi connectivity index (χ0v) is 53.0. The zero-order chi connectivity index (χ0) is 61.1. The number of aliphatic hydroxyl groups excluding tert-OH is 4. The van der Waals surface area contributed by atoms with Crippen LogP contribution in [0.3, 0.4) is 0 Å². The number of rotatable bonds is 8. The van der Waals surface area contributed by atoms with Crippen LogP contribution in [0.4, 0.5) is 0 Å². The largest absolute Gasteiger partial charge is 0.459 e. The number of likely N-dealkylation sites (N-methyl/N-ethyl adjacent to an activating group) is 4. The van der Waals surface area contributed by atoms with Gasteiger partial charge in [0.25, 0.3) is 0 Å². The standard InChI is InChI=1S/2C30H56N2O8/c1-12-22-30(8,36)25(34)20(6)32(11)15-16(2)14-29(7)26(18(4)24(40-29)19(5)27(35)38-22)39-28-23(33)21(31(9)10)13-17(3)37-28;1-12-23-30(8,37)25(34)21(6)32(11)16-17(2)15-29(7,36)26(18(3)13-19(4)27(35)39-23)40-28-24(33)22(31(9)10)14-20(5)38-28/h16-26,28,33-34,36H,12-15H2,1-11H3;13,17-18,20-26,28,33-34,36-37H,12,14-16H2,1-11H3/b;19-13-/t16-,17-,18+,19-,20-,21?,22-,23-,24?,25-,26-,28+,29-,30-;17-,18+,20-,21-,22?,23-,24-,25-,26-,28+,29-,30-/m11/s1. The number of cyclic esters (lactones) is 2. The number of hydrogen-bond donors (Lipinski definition) is 7. The van der Waals surface area contributed by atoms with Crippen molar-refractivity contribution in [3.8, 4) is 0 Å². The zero-order valence-electron chi connectivity index (χ0n) is 53.0. The van der Waals surface area contributed by atoms with Gasteiger partial charge in [0.15, 0.2) is 12.6 Å². The minimum Gasteiger partial charge on any atom is -0.459 e. The smallest absolute Gasteiger partial charge is 0.333 e. The molecule has 0 aromatic carbocycles. The minimum absolute atomic E-state index is 0.0291. The van der Waals surface area contributed by atoms with Gasteiger partial charge in [0.05, 0.1) is 47.6 Å². The molecule has 0 radical (unpaired) electrons. The molecule has 5 heterocycles. The van der Waals surface area contributed by atoms with Gasteiger partial charge in [-0.25, -0.2) is 4.79 Å². The quantitative estimate of drug-likeness (QED) is 0.170. The molecular formula is C60H112N4O16. The highest BCUT2D eigenvalue weighted by Gasteiger charge is 2.57.